The molecule has 1 aliphatic rings. The fourth-order valence-electron chi connectivity index (χ4n) is 1.78. The average molecular weight is 168 g/mol. The summed E-state index contributed by atoms with van der Waals surface area (Å²) in [5.41, 5.74) is 1.43. The molecule has 1 unspecified atom stereocenters. The number of allylic oxidation sites excluding steroid dienone is 1. The molecule has 0 aromatic heterocycles. The van der Waals surface area contributed by atoms with Crippen LogP contribution in [0, 0.1) is 0 Å². The average Bonchev–Trinajstić information content (AvgIpc) is 2.08. The lowest BCUT2D eigenvalue weighted by Gasteiger charge is -2.38. The number of rotatable bonds is 2. The predicted octanol–water partition coefficient (Wildman–Crippen LogP) is 1.89. The Labute approximate surface area is 75.8 Å². The molecule has 1 atom stereocenters. The zero-order chi connectivity index (χ0) is 9.14. The van der Waals surface area contributed by atoms with Crippen molar-refractivity contribution in [3.05, 3.63) is 11.8 Å². The van der Waals surface area contributed by atoms with Crippen LogP contribution in [-0.2, 0) is 0 Å². The van der Waals surface area contributed by atoms with Gasteiger partial charge in [-0.15, -0.1) is 0 Å². The first-order chi connectivity index (χ1) is 5.69. The lowest BCUT2D eigenvalue weighted by Crippen LogP contribution is -2.44. The van der Waals surface area contributed by atoms with E-state index in [1.807, 2.05) is 0 Å². The first kappa shape index (κ1) is 9.59. The van der Waals surface area contributed by atoms with Crippen molar-refractivity contribution in [2.24, 2.45) is 0 Å². The van der Waals surface area contributed by atoms with Crippen LogP contribution in [-0.4, -0.2) is 36.1 Å². The van der Waals surface area contributed by atoms with Gasteiger partial charge in [0.15, 0.2) is 0 Å². The highest BCUT2D eigenvalue weighted by Gasteiger charge is 2.19. The van der Waals surface area contributed by atoms with Crippen LogP contribution >= 0.6 is 0 Å². The number of likely N-dealkylation sites (N-methyl/N-ethyl adjacent to an activating group) is 1. The summed E-state index contributed by atoms with van der Waals surface area (Å²) in [7, 11) is 2.19. The first-order valence-corrected chi connectivity index (χ1v) is 4.82. The molecule has 70 valence electrons. The molecule has 0 aromatic rings. The Morgan fingerprint density at radius 3 is 2.67 bits per heavy atom. The summed E-state index contributed by atoms with van der Waals surface area (Å²) < 4.78 is 0. The molecule has 0 radical (unpaired) electrons. The van der Waals surface area contributed by atoms with Gasteiger partial charge in [0.25, 0.3) is 0 Å². The molecule has 0 saturated carbocycles. The number of hydrogen-bond acceptors (Lipinski definition) is 2. The topological polar surface area (TPSA) is 6.48 Å². The van der Waals surface area contributed by atoms with E-state index in [9.17, 15) is 0 Å². The molecule has 0 amide bonds. The van der Waals surface area contributed by atoms with E-state index in [1.54, 1.807) is 0 Å². The summed E-state index contributed by atoms with van der Waals surface area (Å²) in [4.78, 5) is 4.79. The summed E-state index contributed by atoms with van der Waals surface area (Å²) in [6.45, 7) is 8.85. The van der Waals surface area contributed by atoms with E-state index in [1.165, 1.54) is 12.1 Å². The first-order valence-electron chi connectivity index (χ1n) is 4.82. The quantitative estimate of drug-likeness (QED) is 0.621. The molecule has 12 heavy (non-hydrogen) atoms. The minimum absolute atomic E-state index is 0.646. The second kappa shape index (κ2) is 3.94. The fourth-order valence-corrected chi connectivity index (χ4v) is 1.78. The summed E-state index contributed by atoms with van der Waals surface area (Å²) in [6, 6.07) is 0.646. The Kier molecular flexibility index (Phi) is 3.15. The highest BCUT2D eigenvalue weighted by molar-refractivity contribution is 5.07. The molecule has 0 bridgehead atoms. The number of hydrogen-bond donors (Lipinski definition) is 0. The van der Waals surface area contributed by atoms with Crippen molar-refractivity contribution in [1.82, 2.24) is 9.80 Å². The summed E-state index contributed by atoms with van der Waals surface area (Å²) in [5.74, 6) is 0. The lowest BCUT2D eigenvalue weighted by molar-refractivity contribution is 0.143. The van der Waals surface area contributed by atoms with Gasteiger partial charge in [0.05, 0.1) is 6.67 Å². The fraction of sp³-hybridized carbons (Fsp3) is 0.800. The molecular formula is C10H20N2. The molecular weight excluding hydrogens is 148 g/mol. The third-order valence-electron chi connectivity index (χ3n) is 2.69. The van der Waals surface area contributed by atoms with Crippen LogP contribution in [0.15, 0.2) is 11.8 Å². The lowest BCUT2D eigenvalue weighted by atomic mass is 10.1. The molecule has 0 saturated heterocycles. The normalized spacial score (nSPS) is 25.8. The molecule has 1 aliphatic heterocycles. The van der Waals surface area contributed by atoms with Crippen molar-refractivity contribution in [2.75, 3.05) is 20.3 Å². The van der Waals surface area contributed by atoms with Crippen molar-refractivity contribution in [1.29, 1.82) is 0 Å². The minimum atomic E-state index is 0.646. The summed E-state index contributed by atoms with van der Waals surface area (Å²) >= 11 is 0. The van der Waals surface area contributed by atoms with Gasteiger partial charge in [-0.05, 0) is 33.4 Å². The summed E-state index contributed by atoms with van der Waals surface area (Å²) in [6.07, 6.45) is 3.58. The molecule has 2 nitrogen and oxygen atoms in total. The van der Waals surface area contributed by atoms with Crippen LogP contribution in [0.2, 0.25) is 0 Å². The second-order valence-electron chi connectivity index (χ2n) is 3.54. The molecule has 1 heterocycles. The Morgan fingerprint density at radius 1 is 1.50 bits per heavy atom. The largest absolute Gasteiger partial charge is 0.363 e. The maximum Gasteiger partial charge on any atom is 0.0706 e. The van der Waals surface area contributed by atoms with Gasteiger partial charge in [-0.25, -0.2) is 0 Å². The maximum absolute atomic E-state index is 2.40. The Morgan fingerprint density at radius 2 is 2.17 bits per heavy atom. The van der Waals surface area contributed by atoms with Crippen molar-refractivity contribution < 1.29 is 0 Å². The third-order valence-corrected chi connectivity index (χ3v) is 2.69. The van der Waals surface area contributed by atoms with Crippen LogP contribution in [0.4, 0.5) is 0 Å². The molecule has 0 aliphatic carbocycles. The smallest absolute Gasteiger partial charge is 0.0706 e. The van der Waals surface area contributed by atoms with E-state index in [-0.39, 0.29) is 0 Å². The Bertz CT molecular complexity index is 175. The van der Waals surface area contributed by atoms with Gasteiger partial charge in [0, 0.05) is 18.3 Å². The van der Waals surface area contributed by atoms with E-state index in [4.69, 9.17) is 0 Å². The van der Waals surface area contributed by atoms with Crippen LogP contribution in [0.25, 0.3) is 0 Å². The van der Waals surface area contributed by atoms with E-state index in [0.717, 1.165) is 13.2 Å². The van der Waals surface area contributed by atoms with Crippen LogP contribution in [0.3, 0.4) is 0 Å². The van der Waals surface area contributed by atoms with Gasteiger partial charge in [0.1, 0.15) is 0 Å². The van der Waals surface area contributed by atoms with Gasteiger partial charge >= 0.3 is 0 Å². The molecule has 2 heteroatoms. The van der Waals surface area contributed by atoms with Crippen LogP contribution < -0.4 is 0 Å². The van der Waals surface area contributed by atoms with Gasteiger partial charge in [0.2, 0.25) is 0 Å². The number of nitrogens with zero attached hydrogens (tertiary/aromatic N) is 2. The monoisotopic (exact) mass is 168 g/mol. The van der Waals surface area contributed by atoms with E-state index in [2.05, 4.69) is 43.7 Å². The zero-order valence-corrected chi connectivity index (χ0v) is 8.67. The standard InChI is InChI=1S/C10H20N2/c1-5-10-7-9(3)12(6-2)8-11(10)4/h7,10H,5-6,8H2,1-4H3. The molecule has 1 rings (SSSR count). The Balaban J connectivity index is 2.69. The zero-order valence-electron chi connectivity index (χ0n) is 8.67. The van der Waals surface area contributed by atoms with Gasteiger partial charge in [-0.2, -0.15) is 0 Å². The molecule has 0 fully saturated rings. The van der Waals surface area contributed by atoms with Gasteiger partial charge in [-0.1, -0.05) is 6.92 Å². The second-order valence-corrected chi connectivity index (χ2v) is 3.54. The minimum Gasteiger partial charge on any atom is -0.363 e. The van der Waals surface area contributed by atoms with Gasteiger partial charge < -0.3 is 4.90 Å². The maximum atomic E-state index is 2.40. The van der Waals surface area contributed by atoms with Crippen molar-refractivity contribution in [3.63, 3.8) is 0 Å². The van der Waals surface area contributed by atoms with Crippen molar-refractivity contribution in [2.45, 2.75) is 33.2 Å². The van der Waals surface area contributed by atoms with E-state index in [0.29, 0.717) is 6.04 Å². The Hall–Kier alpha value is -0.500. The molecule has 0 N–H and O–H groups in total. The van der Waals surface area contributed by atoms with Crippen molar-refractivity contribution in [3.8, 4) is 0 Å². The SMILES string of the molecule is CCC1C=C(C)N(CC)CN1C. The van der Waals surface area contributed by atoms with Gasteiger partial charge in [-0.3, -0.25) is 4.90 Å². The molecule has 0 aromatic carbocycles. The predicted molar refractivity (Wildman–Crippen MR) is 52.8 cm³/mol. The summed E-state index contributed by atoms with van der Waals surface area (Å²) in [5, 5.41) is 0. The van der Waals surface area contributed by atoms with E-state index >= 15 is 0 Å². The van der Waals surface area contributed by atoms with E-state index < -0.39 is 0 Å². The highest BCUT2D eigenvalue weighted by Crippen LogP contribution is 2.16. The van der Waals surface area contributed by atoms with Crippen molar-refractivity contribution >= 4 is 0 Å². The van der Waals surface area contributed by atoms with Crippen LogP contribution in [0.5, 0.6) is 0 Å². The third kappa shape index (κ3) is 1.81. The van der Waals surface area contributed by atoms with Crippen LogP contribution in [0.1, 0.15) is 27.2 Å². The molecule has 0 spiro atoms. The highest BCUT2D eigenvalue weighted by atomic mass is 15.3.